The lowest BCUT2D eigenvalue weighted by Crippen LogP contribution is -2.38. The summed E-state index contributed by atoms with van der Waals surface area (Å²) in [5.41, 5.74) is 0.932. The molecule has 140 valence electrons. The molecule has 0 saturated carbocycles. The van der Waals surface area contributed by atoms with Gasteiger partial charge in [0.2, 0.25) is 0 Å². The second-order valence-electron chi connectivity index (χ2n) is 6.91. The highest BCUT2D eigenvalue weighted by Crippen LogP contribution is 2.18. The summed E-state index contributed by atoms with van der Waals surface area (Å²) in [7, 11) is 0. The molecule has 1 unspecified atom stereocenters. The van der Waals surface area contributed by atoms with Crippen molar-refractivity contribution in [1.82, 2.24) is 5.32 Å². The molecule has 2 rings (SSSR count). The summed E-state index contributed by atoms with van der Waals surface area (Å²) in [6.45, 7) is 5.26. The standard InChI is InChI=1S/C21H22N2O4/c1-21(2,3)27-20(25)23-18(17-11-7-10-16(12-17)13-22)19(24)26-14-15-8-5-4-6-9-15/h4-12,18H,14H2,1-3H3,(H,23,25). The van der Waals surface area contributed by atoms with Crippen molar-refractivity contribution in [2.45, 2.75) is 39.0 Å². The molecule has 0 radical (unpaired) electrons. The molecule has 1 N–H and O–H groups in total. The first-order chi connectivity index (χ1) is 12.8. The van der Waals surface area contributed by atoms with Gasteiger partial charge in [0.1, 0.15) is 12.2 Å². The van der Waals surface area contributed by atoms with Crippen molar-refractivity contribution in [3.05, 3.63) is 71.3 Å². The molecule has 2 aromatic rings. The van der Waals surface area contributed by atoms with Gasteiger partial charge in [-0.15, -0.1) is 0 Å². The van der Waals surface area contributed by atoms with Gasteiger partial charge in [-0.2, -0.15) is 5.26 Å². The summed E-state index contributed by atoms with van der Waals surface area (Å²) < 4.78 is 10.6. The van der Waals surface area contributed by atoms with Crippen LogP contribution in [0.2, 0.25) is 0 Å². The van der Waals surface area contributed by atoms with Crippen molar-refractivity contribution in [1.29, 1.82) is 5.26 Å². The Balaban J connectivity index is 2.18. The van der Waals surface area contributed by atoms with Crippen molar-refractivity contribution in [3.63, 3.8) is 0 Å². The molecular weight excluding hydrogens is 344 g/mol. The van der Waals surface area contributed by atoms with E-state index < -0.39 is 23.7 Å². The minimum atomic E-state index is -1.09. The summed E-state index contributed by atoms with van der Waals surface area (Å²) in [5, 5.41) is 11.6. The van der Waals surface area contributed by atoms with Crippen molar-refractivity contribution in [2.24, 2.45) is 0 Å². The first-order valence-corrected chi connectivity index (χ1v) is 8.48. The first kappa shape index (κ1) is 20.0. The summed E-state index contributed by atoms with van der Waals surface area (Å²) in [6.07, 6.45) is -0.744. The van der Waals surface area contributed by atoms with Crippen LogP contribution in [0.4, 0.5) is 4.79 Å². The number of alkyl carbamates (subject to hydrolysis) is 1. The van der Waals surface area contributed by atoms with Crippen LogP contribution in [0, 0.1) is 11.3 Å². The predicted molar refractivity (Wildman–Crippen MR) is 99.5 cm³/mol. The molecule has 1 amide bonds. The minimum Gasteiger partial charge on any atom is -0.459 e. The van der Waals surface area contributed by atoms with Gasteiger partial charge >= 0.3 is 12.1 Å². The van der Waals surface area contributed by atoms with Crippen LogP contribution in [0.5, 0.6) is 0 Å². The molecule has 0 aliphatic rings. The molecule has 0 aliphatic carbocycles. The van der Waals surface area contributed by atoms with E-state index in [1.165, 1.54) is 6.07 Å². The molecule has 0 bridgehead atoms. The predicted octanol–water partition coefficient (Wildman–Crippen LogP) is 3.87. The number of carbonyl (C=O) groups is 2. The van der Waals surface area contributed by atoms with Gasteiger partial charge in [-0.05, 0) is 44.0 Å². The molecule has 6 heteroatoms. The van der Waals surface area contributed by atoms with Crippen molar-refractivity contribution >= 4 is 12.1 Å². The molecule has 6 nitrogen and oxygen atoms in total. The SMILES string of the molecule is CC(C)(C)OC(=O)NC(C(=O)OCc1ccccc1)c1cccc(C#N)c1. The Morgan fingerprint density at radius 3 is 2.44 bits per heavy atom. The molecule has 2 aromatic carbocycles. The zero-order valence-electron chi connectivity index (χ0n) is 15.6. The zero-order chi connectivity index (χ0) is 19.9. The maximum atomic E-state index is 12.6. The monoisotopic (exact) mass is 366 g/mol. The Bertz CT molecular complexity index is 835. The fraction of sp³-hybridized carbons (Fsp3) is 0.286. The number of nitriles is 1. The molecule has 1 atom stereocenters. The molecule has 0 heterocycles. The number of hydrogen-bond acceptors (Lipinski definition) is 5. The van der Waals surface area contributed by atoms with E-state index in [0.29, 0.717) is 11.1 Å². The number of amides is 1. The third-order valence-corrected chi connectivity index (χ3v) is 3.47. The van der Waals surface area contributed by atoms with Crippen LogP contribution in [0.25, 0.3) is 0 Å². The Morgan fingerprint density at radius 1 is 1.11 bits per heavy atom. The number of nitrogens with one attached hydrogen (secondary N) is 1. The second-order valence-corrected chi connectivity index (χ2v) is 6.91. The normalized spacial score (nSPS) is 11.8. The maximum absolute atomic E-state index is 12.6. The van der Waals surface area contributed by atoms with E-state index in [0.717, 1.165) is 5.56 Å². The number of benzene rings is 2. The third kappa shape index (κ3) is 6.48. The highest BCUT2D eigenvalue weighted by atomic mass is 16.6. The van der Waals surface area contributed by atoms with Gasteiger partial charge in [0, 0.05) is 0 Å². The fourth-order valence-corrected chi connectivity index (χ4v) is 2.30. The molecule has 0 saturated heterocycles. The van der Waals surface area contributed by atoms with E-state index in [-0.39, 0.29) is 6.61 Å². The van der Waals surface area contributed by atoms with Gasteiger partial charge in [0.25, 0.3) is 0 Å². The van der Waals surface area contributed by atoms with Gasteiger partial charge in [-0.25, -0.2) is 9.59 Å². The van der Waals surface area contributed by atoms with E-state index in [1.807, 2.05) is 36.4 Å². The Kier molecular flexibility index (Phi) is 6.56. The molecule has 0 aromatic heterocycles. The zero-order valence-corrected chi connectivity index (χ0v) is 15.6. The number of esters is 1. The lowest BCUT2D eigenvalue weighted by Gasteiger charge is -2.23. The number of nitrogens with zero attached hydrogens (tertiary/aromatic N) is 1. The van der Waals surface area contributed by atoms with Crippen LogP contribution in [0.3, 0.4) is 0 Å². The topological polar surface area (TPSA) is 88.4 Å². The summed E-state index contributed by atoms with van der Waals surface area (Å²) >= 11 is 0. The van der Waals surface area contributed by atoms with Gasteiger partial charge in [-0.3, -0.25) is 0 Å². The quantitative estimate of drug-likeness (QED) is 0.812. The fourth-order valence-electron chi connectivity index (χ4n) is 2.30. The lowest BCUT2D eigenvalue weighted by atomic mass is 10.0. The Hall–Kier alpha value is -3.33. The average molecular weight is 366 g/mol. The van der Waals surface area contributed by atoms with E-state index in [2.05, 4.69) is 5.32 Å². The number of carbonyl (C=O) groups excluding carboxylic acids is 2. The highest BCUT2D eigenvalue weighted by molar-refractivity contribution is 5.83. The minimum absolute atomic E-state index is 0.0735. The summed E-state index contributed by atoms with van der Waals surface area (Å²) in [6, 6.07) is 16.6. The third-order valence-electron chi connectivity index (χ3n) is 3.47. The molecule has 27 heavy (non-hydrogen) atoms. The number of hydrogen-bond donors (Lipinski definition) is 1. The summed E-state index contributed by atoms with van der Waals surface area (Å²) in [5.74, 6) is -0.639. The van der Waals surface area contributed by atoms with Crippen LogP contribution in [-0.2, 0) is 20.9 Å². The van der Waals surface area contributed by atoms with Crippen molar-refractivity contribution in [2.75, 3.05) is 0 Å². The van der Waals surface area contributed by atoms with Crippen molar-refractivity contribution in [3.8, 4) is 6.07 Å². The molecule has 0 spiro atoms. The Morgan fingerprint density at radius 2 is 1.81 bits per heavy atom. The van der Waals surface area contributed by atoms with E-state index in [9.17, 15) is 9.59 Å². The first-order valence-electron chi connectivity index (χ1n) is 8.48. The van der Waals surface area contributed by atoms with E-state index >= 15 is 0 Å². The van der Waals surface area contributed by atoms with E-state index in [1.54, 1.807) is 39.0 Å². The highest BCUT2D eigenvalue weighted by Gasteiger charge is 2.27. The average Bonchev–Trinajstić information content (AvgIpc) is 2.63. The van der Waals surface area contributed by atoms with Crippen LogP contribution in [-0.4, -0.2) is 17.7 Å². The number of ether oxygens (including phenoxy) is 2. The van der Waals surface area contributed by atoms with Crippen molar-refractivity contribution < 1.29 is 19.1 Å². The maximum Gasteiger partial charge on any atom is 0.408 e. The summed E-state index contributed by atoms with van der Waals surface area (Å²) in [4.78, 5) is 24.8. The number of rotatable bonds is 5. The van der Waals surface area contributed by atoms with Crippen LogP contribution < -0.4 is 5.32 Å². The molecular formula is C21H22N2O4. The largest absolute Gasteiger partial charge is 0.459 e. The lowest BCUT2D eigenvalue weighted by molar-refractivity contribution is -0.147. The molecule has 0 fully saturated rings. The van der Waals surface area contributed by atoms with Gasteiger partial charge < -0.3 is 14.8 Å². The second kappa shape index (κ2) is 8.86. The van der Waals surface area contributed by atoms with E-state index in [4.69, 9.17) is 14.7 Å². The van der Waals surface area contributed by atoms with Gasteiger partial charge in [-0.1, -0.05) is 42.5 Å². The van der Waals surface area contributed by atoms with Crippen LogP contribution in [0.15, 0.2) is 54.6 Å². The van der Waals surface area contributed by atoms with Crippen LogP contribution in [0.1, 0.15) is 43.5 Å². The van der Waals surface area contributed by atoms with Gasteiger partial charge in [0.05, 0.1) is 11.6 Å². The Labute approximate surface area is 158 Å². The molecule has 0 aliphatic heterocycles. The van der Waals surface area contributed by atoms with Gasteiger partial charge in [0.15, 0.2) is 6.04 Å². The van der Waals surface area contributed by atoms with Crippen LogP contribution >= 0.6 is 0 Å². The smallest absolute Gasteiger partial charge is 0.408 e.